The zero-order valence-electron chi connectivity index (χ0n) is 12.0. The topological polar surface area (TPSA) is 74.7 Å². The van der Waals surface area contributed by atoms with E-state index in [2.05, 4.69) is 0 Å². The van der Waals surface area contributed by atoms with Gasteiger partial charge >= 0.3 is 5.97 Å². The van der Waals surface area contributed by atoms with Crippen molar-refractivity contribution in [3.63, 3.8) is 0 Å². The number of aliphatic carboxylic acids is 1. The molecule has 1 aliphatic heterocycles. The molecule has 1 aromatic rings. The predicted octanol–water partition coefficient (Wildman–Crippen LogP) is 2.52. The van der Waals surface area contributed by atoms with Crippen molar-refractivity contribution in [1.82, 2.24) is 4.31 Å². The first-order valence-electron chi connectivity index (χ1n) is 6.73. The molecule has 5 nitrogen and oxygen atoms in total. The lowest BCUT2D eigenvalue weighted by Gasteiger charge is -2.23. The van der Waals surface area contributed by atoms with E-state index in [1.165, 1.54) is 16.4 Å². The van der Waals surface area contributed by atoms with Gasteiger partial charge in [-0.25, -0.2) is 8.42 Å². The predicted molar refractivity (Wildman–Crippen MR) is 79.9 cm³/mol. The maximum Gasteiger partial charge on any atom is 0.311 e. The van der Waals surface area contributed by atoms with Gasteiger partial charge in [-0.3, -0.25) is 4.79 Å². The van der Waals surface area contributed by atoms with Crippen LogP contribution in [0.4, 0.5) is 0 Å². The van der Waals surface area contributed by atoms with Crippen LogP contribution in [0.15, 0.2) is 23.1 Å². The maximum absolute atomic E-state index is 12.7. The van der Waals surface area contributed by atoms with Crippen molar-refractivity contribution in [2.45, 2.75) is 31.6 Å². The van der Waals surface area contributed by atoms with Crippen molar-refractivity contribution < 1.29 is 18.3 Å². The molecule has 1 atom stereocenters. The van der Waals surface area contributed by atoms with Crippen LogP contribution in [0, 0.1) is 12.3 Å². The lowest BCUT2D eigenvalue weighted by atomic mass is 9.85. The summed E-state index contributed by atoms with van der Waals surface area (Å²) in [4.78, 5) is 11.6. The van der Waals surface area contributed by atoms with Gasteiger partial charge in [-0.05, 0) is 43.5 Å². The van der Waals surface area contributed by atoms with Gasteiger partial charge in [0.1, 0.15) is 0 Å². The largest absolute Gasteiger partial charge is 0.481 e. The minimum atomic E-state index is -3.69. The van der Waals surface area contributed by atoms with Crippen molar-refractivity contribution in [2.24, 2.45) is 5.41 Å². The molecule has 0 saturated carbocycles. The van der Waals surface area contributed by atoms with Gasteiger partial charge in [-0.1, -0.05) is 18.5 Å². The molecule has 1 heterocycles. The molecule has 0 radical (unpaired) electrons. The van der Waals surface area contributed by atoms with Crippen LogP contribution in [0.3, 0.4) is 0 Å². The van der Waals surface area contributed by atoms with Crippen LogP contribution in [0.5, 0.6) is 0 Å². The average Bonchev–Trinajstić information content (AvgIpc) is 2.84. The van der Waals surface area contributed by atoms with Gasteiger partial charge in [0.25, 0.3) is 0 Å². The van der Waals surface area contributed by atoms with Crippen LogP contribution in [0.2, 0.25) is 5.02 Å². The molecule has 1 fully saturated rings. The minimum Gasteiger partial charge on any atom is -0.481 e. The maximum atomic E-state index is 12.7. The number of nitrogens with zero attached hydrogens (tertiary/aromatic N) is 1. The minimum absolute atomic E-state index is 0.0171. The molecule has 7 heteroatoms. The van der Waals surface area contributed by atoms with Crippen LogP contribution in [-0.2, 0) is 14.8 Å². The zero-order chi connectivity index (χ0) is 15.8. The number of hydrogen-bond donors (Lipinski definition) is 1. The van der Waals surface area contributed by atoms with Crippen LogP contribution < -0.4 is 0 Å². The van der Waals surface area contributed by atoms with Gasteiger partial charge in [0.05, 0.1) is 10.3 Å². The second-order valence-electron chi connectivity index (χ2n) is 5.44. The molecule has 116 valence electrons. The Morgan fingerprint density at radius 1 is 1.48 bits per heavy atom. The SMILES string of the molecule is CCC1(C(=O)O)CCN(S(=O)(=O)c2ccc(Cl)cc2C)C1. The summed E-state index contributed by atoms with van der Waals surface area (Å²) in [6, 6.07) is 4.59. The first kappa shape index (κ1) is 16.3. The Morgan fingerprint density at radius 3 is 2.62 bits per heavy atom. The fourth-order valence-corrected chi connectivity index (χ4v) is 4.65. The lowest BCUT2D eigenvalue weighted by molar-refractivity contribution is -0.148. The number of benzene rings is 1. The smallest absolute Gasteiger partial charge is 0.311 e. The molecule has 21 heavy (non-hydrogen) atoms. The summed E-state index contributed by atoms with van der Waals surface area (Å²) in [7, 11) is -3.69. The van der Waals surface area contributed by atoms with E-state index in [9.17, 15) is 18.3 Å². The number of sulfonamides is 1. The lowest BCUT2D eigenvalue weighted by Crippen LogP contribution is -2.36. The number of rotatable bonds is 4. The molecule has 0 amide bonds. The van der Waals surface area contributed by atoms with E-state index in [0.29, 0.717) is 23.4 Å². The number of carbonyl (C=O) groups is 1. The molecule has 0 aromatic heterocycles. The van der Waals surface area contributed by atoms with Gasteiger partial charge in [-0.15, -0.1) is 0 Å². The van der Waals surface area contributed by atoms with E-state index in [1.807, 2.05) is 0 Å². The zero-order valence-corrected chi connectivity index (χ0v) is 13.5. The standard InChI is InChI=1S/C14H18ClNO4S/c1-3-14(13(17)18)6-7-16(9-14)21(19,20)12-5-4-11(15)8-10(12)2/h4-5,8H,3,6-7,9H2,1-2H3,(H,17,18). The van der Waals surface area contributed by atoms with Gasteiger partial charge in [-0.2, -0.15) is 4.31 Å². The van der Waals surface area contributed by atoms with Crippen molar-refractivity contribution in [2.75, 3.05) is 13.1 Å². The average molecular weight is 332 g/mol. The number of carboxylic acid groups (broad SMARTS) is 1. The normalized spacial score (nSPS) is 23.4. The van der Waals surface area contributed by atoms with E-state index in [0.717, 1.165) is 0 Å². The molecule has 1 aromatic carbocycles. The summed E-state index contributed by atoms with van der Waals surface area (Å²) in [5, 5.41) is 9.84. The third kappa shape index (κ3) is 2.80. The Bertz CT molecular complexity index is 674. The number of hydrogen-bond acceptors (Lipinski definition) is 3. The third-order valence-electron chi connectivity index (χ3n) is 4.20. The summed E-state index contributed by atoms with van der Waals surface area (Å²) < 4.78 is 26.6. The van der Waals surface area contributed by atoms with E-state index in [1.54, 1.807) is 19.9 Å². The van der Waals surface area contributed by atoms with Crippen molar-refractivity contribution >= 4 is 27.6 Å². The molecule has 1 unspecified atom stereocenters. The van der Waals surface area contributed by atoms with E-state index in [4.69, 9.17) is 11.6 Å². The highest BCUT2D eigenvalue weighted by molar-refractivity contribution is 7.89. The Labute approximate surface area is 129 Å². The molecule has 1 N–H and O–H groups in total. The highest BCUT2D eigenvalue weighted by Crippen LogP contribution is 2.37. The monoisotopic (exact) mass is 331 g/mol. The van der Waals surface area contributed by atoms with E-state index in [-0.39, 0.29) is 18.0 Å². The summed E-state index contributed by atoms with van der Waals surface area (Å²) in [6.45, 7) is 3.70. The molecule has 1 aliphatic rings. The fraction of sp³-hybridized carbons (Fsp3) is 0.500. The van der Waals surface area contributed by atoms with Crippen molar-refractivity contribution in [3.05, 3.63) is 28.8 Å². The third-order valence-corrected chi connectivity index (χ3v) is 6.44. The highest BCUT2D eigenvalue weighted by Gasteiger charge is 2.47. The van der Waals surface area contributed by atoms with Gasteiger partial charge in [0.2, 0.25) is 10.0 Å². The van der Waals surface area contributed by atoms with Gasteiger partial charge in [0.15, 0.2) is 0 Å². The molecule has 0 aliphatic carbocycles. The number of halogens is 1. The van der Waals surface area contributed by atoms with Crippen LogP contribution in [-0.4, -0.2) is 36.9 Å². The first-order chi connectivity index (χ1) is 9.73. The second kappa shape index (κ2) is 5.59. The summed E-state index contributed by atoms with van der Waals surface area (Å²) in [6.07, 6.45) is 0.749. The van der Waals surface area contributed by atoms with Crippen molar-refractivity contribution in [1.29, 1.82) is 0 Å². The van der Waals surface area contributed by atoms with Crippen LogP contribution in [0.25, 0.3) is 0 Å². The van der Waals surface area contributed by atoms with Crippen molar-refractivity contribution in [3.8, 4) is 0 Å². The molecule has 2 rings (SSSR count). The summed E-state index contributed by atoms with van der Waals surface area (Å²) in [5.41, 5.74) is -0.417. The van der Waals surface area contributed by atoms with Crippen LogP contribution in [0.1, 0.15) is 25.3 Å². The molecule has 0 spiro atoms. The van der Waals surface area contributed by atoms with Crippen LogP contribution >= 0.6 is 11.6 Å². The van der Waals surface area contributed by atoms with E-state index >= 15 is 0 Å². The Kier molecular flexibility index (Phi) is 4.33. The quantitative estimate of drug-likeness (QED) is 0.920. The Morgan fingerprint density at radius 2 is 2.14 bits per heavy atom. The molecular weight excluding hydrogens is 314 g/mol. The molecule has 0 bridgehead atoms. The molecule has 1 saturated heterocycles. The summed E-state index contributed by atoms with van der Waals surface area (Å²) in [5.74, 6) is -0.935. The Hall–Kier alpha value is -1.11. The van der Waals surface area contributed by atoms with Gasteiger partial charge < -0.3 is 5.11 Å². The second-order valence-corrected chi connectivity index (χ2v) is 7.78. The highest BCUT2D eigenvalue weighted by atomic mass is 35.5. The Balaban J connectivity index is 2.36. The number of carboxylic acids is 1. The number of aryl methyl sites for hydroxylation is 1. The van der Waals surface area contributed by atoms with E-state index < -0.39 is 21.4 Å². The summed E-state index contributed by atoms with van der Waals surface area (Å²) >= 11 is 5.85. The van der Waals surface area contributed by atoms with Gasteiger partial charge in [0, 0.05) is 18.1 Å². The fourth-order valence-electron chi connectivity index (χ4n) is 2.70. The first-order valence-corrected chi connectivity index (χ1v) is 8.54. The molecular formula is C14H18ClNO4S.